The minimum atomic E-state index is -3.67. The molecule has 0 N–H and O–H groups in total. The molecule has 10 heteroatoms. The van der Waals surface area contributed by atoms with Crippen LogP contribution in [0.15, 0.2) is 24.3 Å². The normalized spacial score (nSPS) is 21.7. The van der Waals surface area contributed by atoms with Crippen molar-refractivity contribution in [3.8, 4) is 0 Å². The third kappa shape index (κ3) is 3.82. The summed E-state index contributed by atoms with van der Waals surface area (Å²) >= 11 is 0. The molecule has 1 atom stereocenters. The zero-order valence-electron chi connectivity index (χ0n) is 15.8. The quantitative estimate of drug-likeness (QED) is 0.735. The maximum absolute atomic E-state index is 12.7. The Balaban J connectivity index is 1.67. The van der Waals surface area contributed by atoms with Crippen LogP contribution in [-0.4, -0.2) is 74.7 Å². The van der Waals surface area contributed by atoms with Crippen LogP contribution in [0.1, 0.15) is 24.2 Å². The fourth-order valence-corrected chi connectivity index (χ4v) is 5.14. The molecule has 3 amide bonds. The first-order valence-electron chi connectivity index (χ1n) is 9.12. The van der Waals surface area contributed by atoms with Gasteiger partial charge in [-0.25, -0.2) is 17.5 Å². The average Bonchev–Trinajstić information content (AvgIpc) is 2.88. The first-order valence-corrected chi connectivity index (χ1v) is 10.7. The van der Waals surface area contributed by atoms with Crippen LogP contribution >= 0.6 is 0 Å². The van der Waals surface area contributed by atoms with Crippen molar-refractivity contribution in [1.82, 2.24) is 9.80 Å². The standard InChI is InChI=1S/C18H23N3O6S/c1-3-27-18(24)20-10-8-19(9-11-20)17(23)14-4-6-15(7-5-14)21-16(22)13(2)12-28(21,25)26/h4-7,13H,3,8-12H2,1-2H3/t13-/m1/s1. The highest BCUT2D eigenvalue weighted by molar-refractivity contribution is 7.94. The molecule has 2 heterocycles. The van der Waals surface area contributed by atoms with Crippen LogP contribution in [0.3, 0.4) is 0 Å². The van der Waals surface area contributed by atoms with Crippen LogP contribution in [0.5, 0.6) is 0 Å². The van der Waals surface area contributed by atoms with E-state index < -0.39 is 21.8 Å². The summed E-state index contributed by atoms with van der Waals surface area (Å²) in [4.78, 5) is 39.7. The molecule has 2 fully saturated rings. The van der Waals surface area contributed by atoms with Crippen molar-refractivity contribution in [2.24, 2.45) is 5.92 Å². The summed E-state index contributed by atoms with van der Waals surface area (Å²) in [6, 6.07) is 5.97. The number of amides is 3. The summed E-state index contributed by atoms with van der Waals surface area (Å²) in [7, 11) is -3.67. The van der Waals surface area contributed by atoms with Crippen LogP contribution < -0.4 is 4.31 Å². The number of anilines is 1. The Morgan fingerprint density at radius 1 is 1.07 bits per heavy atom. The van der Waals surface area contributed by atoms with Gasteiger partial charge < -0.3 is 14.5 Å². The number of nitrogens with zero attached hydrogens (tertiary/aromatic N) is 3. The van der Waals surface area contributed by atoms with E-state index in [-0.39, 0.29) is 23.4 Å². The van der Waals surface area contributed by atoms with Gasteiger partial charge in [0.1, 0.15) is 0 Å². The second-order valence-corrected chi connectivity index (χ2v) is 8.67. The average molecular weight is 409 g/mol. The summed E-state index contributed by atoms with van der Waals surface area (Å²) in [6.45, 7) is 5.17. The number of carbonyl (C=O) groups is 3. The Morgan fingerprint density at radius 2 is 1.64 bits per heavy atom. The molecule has 2 saturated heterocycles. The fraction of sp³-hybridized carbons (Fsp3) is 0.500. The van der Waals surface area contributed by atoms with Crippen LogP contribution in [0, 0.1) is 5.92 Å². The van der Waals surface area contributed by atoms with Crippen LogP contribution in [0.25, 0.3) is 0 Å². The summed E-state index contributed by atoms with van der Waals surface area (Å²) in [6.07, 6.45) is -0.385. The van der Waals surface area contributed by atoms with Gasteiger partial charge in [-0.15, -0.1) is 0 Å². The molecule has 3 rings (SSSR count). The fourth-order valence-electron chi connectivity index (χ4n) is 3.32. The minimum absolute atomic E-state index is 0.209. The molecule has 0 unspecified atom stereocenters. The van der Waals surface area contributed by atoms with Gasteiger partial charge in [0, 0.05) is 31.7 Å². The molecule has 28 heavy (non-hydrogen) atoms. The molecular weight excluding hydrogens is 386 g/mol. The molecule has 1 aromatic carbocycles. The second-order valence-electron chi connectivity index (χ2n) is 6.81. The summed E-state index contributed by atoms with van der Waals surface area (Å²) in [5.74, 6) is -1.47. The Labute approximate surface area is 163 Å². The van der Waals surface area contributed by atoms with Crippen molar-refractivity contribution in [2.75, 3.05) is 42.8 Å². The monoisotopic (exact) mass is 409 g/mol. The number of ether oxygens (including phenoxy) is 1. The maximum Gasteiger partial charge on any atom is 0.409 e. The lowest BCUT2D eigenvalue weighted by Gasteiger charge is -2.34. The smallest absolute Gasteiger partial charge is 0.409 e. The summed E-state index contributed by atoms with van der Waals surface area (Å²) in [5.41, 5.74) is 0.628. The molecule has 0 bridgehead atoms. The molecule has 0 radical (unpaired) electrons. The second kappa shape index (κ2) is 7.78. The van der Waals surface area contributed by atoms with Crippen molar-refractivity contribution in [1.29, 1.82) is 0 Å². The SMILES string of the molecule is CCOC(=O)N1CCN(C(=O)c2ccc(N3C(=O)[C@H](C)CS3(=O)=O)cc2)CC1. The lowest BCUT2D eigenvalue weighted by Crippen LogP contribution is -2.50. The molecule has 0 saturated carbocycles. The first kappa shape index (κ1) is 20.1. The molecule has 2 aliphatic rings. The van der Waals surface area contributed by atoms with Crippen LogP contribution in [-0.2, 0) is 19.6 Å². The van der Waals surface area contributed by atoms with Crippen molar-refractivity contribution >= 4 is 33.6 Å². The number of benzene rings is 1. The van der Waals surface area contributed by atoms with E-state index in [4.69, 9.17) is 4.74 Å². The molecule has 1 aromatic rings. The maximum atomic E-state index is 12.7. The highest BCUT2D eigenvalue weighted by Gasteiger charge is 2.42. The lowest BCUT2D eigenvalue weighted by molar-refractivity contribution is -0.119. The van der Waals surface area contributed by atoms with E-state index in [1.54, 1.807) is 23.6 Å². The molecule has 152 valence electrons. The zero-order chi connectivity index (χ0) is 20.5. The molecule has 9 nitrogen and oxygen atoms in total. The van der Waals surface area contributed by atoms with Gasteiger partial charge in [0.2, 0.25) is 15.9 Å². The number of carbonyl (C=O) groups excluding carboxylic acids is 3. The number of hydrogen-bond donors (Lipinski definition) is 0. The highest BCUT2D eigenvalue weighted by atomic mass is 32.2. The van der Waals surface area contributed by atoms with Gasteiger partial charge in [0.15, 0.2) is 0 Å². The number of rotatable bonds is 3. The van der Waals surface area contributed by atoms with E-state index in [1.807, 2.05) is 0 Å². The van der Waals surface area contributed by atoms with Gasteiger partial charge in [-0.1, -0.05) is 6.92 Å². The third-order valence-corrected chi connectivity index (χ3v) is 6.67. The Morgan fingerprint density at radius 3 is 2.14 bits per heavy atom. The van der Waals surface area contributed by atoms with Crippen molar-refractivity contribution in [3.63, 3.8) is 0 Å². The summed E-state index contributed by atoms with van der Waals surface area (Å²) < 4.78 is 30.1. The van der Waals surface area contributed by atoms with Gasteiger partial charge in [-0.2, -0.15) is 0 Å². The van der Waals surface area contributed by atoms with Crippen LogP contribution in [0.4, 0.5) is 10.5 Å². The zero-order valence-corrected chi connectivity index (χ0v) is 16.6. The first-order chi connectivity index (χ1) is 13.2. The van der Waals surface area contributed by atoms with Gasteiger partial charge >= 0.3 is 6.09 Å². The van der Waals surface area contributed by atoms with E-state index >= 15 is 0 Å². The van der Waals surface area contributed by atoms with E-state index in [2.05, 4.69) is 0 Å². The summed E-state index contributed by atoms with van der Waals surface area (Å²) in [5, 5.41) is 0. The predicted molar refractivity (Wildman–Crippen MR) is 101 cm³/mol. The van der Waals surface area contributed by atoms with Gasteiger partial charge in [0.05, 0.1) is 24.0 Å². The topological polar surface area (TPSA) is 104 Å². The predicted octanol–water partition coefficient (Wildman–Crippen LogP) is 0.913. The Bertz CT molecular complexity index is 875. The molecule has 0 spiro atoms. The lowest BCUT2D eigenvalue weighted by atomic mass is 10.1. The molecule has 0 aliphatic carbocycles. The number of piperazine rings is 1. The minimum Gasteiger partial charge on any atom is -0.450 e. The molecule has 0 aromatic heterocycles. The van der Waals surface area contributed by atoms with E-state index in [0.29, 0.717) is 38.3 Å². The van der Waals surface area contributed by atoms with Crippen LogP contribution in [0.2, 0.25) is 0 Å². The Kier molecular flexibility index (Phi) is 5.59. The van der Waals surface area contributed by atoms with Crippen molar-refractivity contribution < 1.29 is 27.5 Å². The van der Waals surface area contributed by atoms with E-state index in [0.717, 1.165) is 4.31 Å². The van der Waals surface area contributed by atoms with Crippen molar-refractivity contribution in [2.45, 2.75) is 13.8 Å². The van der Waals surface area contributed by atoms with Gasteiger partial charge in [0.25, 0.3) is 5.91 Å². The van der Waals surface area contributed by atoms with Crippen molar-refractivity contribution in [3.05, 3.63) is 29.8 Å². The molecule has 2 aliphatic heterocycles. The van der Waals surface area contributed by atoms with E-state index in [1.165, 1.54) is 24.3 Å². The third-order valence-electron chi connectivity index (χ3n) is 4.80. The number of hydrogen-bond acceptors (Lipinski definition) is 6. The van der Waals surface area contributed by atoms with Gasteiger partial charge in [-0.3, -0.25) is 9.59 Å². The number of sulfonamides is 1. The van der Waals surface area contributed by atoms with E-state index in [9.17, 15) is 22.8 Å². The largest absolute Gasteiger partial charge is 0.450 e. The molecular formula is C18H23N3O6S. The van der Waals surface area contributed by atoms with Gasteiger partial charge in [-0.05, 0) is 31.2 Å². The highest BCUT2D eigenvalue weighted by Crippen LogP contribution is 2.28. The Hall–Kier alpha value is -2.62.